The Morgan fingerprint density at radius 2 is 1.66 bits per heavy atom. The van der Waals surface area contributed by atoms with E-state index in [-0.39, 0.29) is 23.9 Å². The second kappa shape index (κ2) is 9.61. The van der Waals surface area contributed by atoms with Crippen LogP contribution in [-0.4, -0.2) is 53.4 Å². The van der Waals surface area contributed by atoms with Gasteiger partial charge in [0.25, 0.3) is 11.8 Å². The Hall–Kier alpha value is -3.06. The van der Waals surface area contributed by atoms with Crippen LogP contribution in [0.5, 0.6) is 0 Å². The molecule has 0 N–H and O–H groups in total. The molecule has 2 aromatic carbocycles. The maximum atomic E-state index is 13.5. The maximum Gasteiger partial charge on any atom is 0.409 e. The Morgan fingerprint density at radius 1 is 1.00 bits per heavy atom. The Labute approximate surface area is 192 Å². The smallest absolute Gasteiger partial charge is 0.409 e. The van der Waals surface area contributed by atoms with E-state index in [1.807, 2.05) is 61.5 Å². The number of benzene rings is 2. The molecule has 0 atom stereocenters. The van der Waals surface area contributed by atoms with Crippen molar-refractivity contribution < 1.29 is 19.1 Å². The number of thioether (sulfide) groups is 1. The summed E-state index contributed by atoms with van der Waals surface area (Å²) in [6, 6.07) is 17.1. The first-order chi connectivity index (χ1) is 15.5. The number of likely N-dealkylation sites (tertiary alicyclic amines) is 1. The molecule has 32 heavy (non-hydrogen) atoms. The van der Waals surface area contributed by atoms with Gasteiger partial charge in [-0.05, 0) is 44.4 Å². The van der Waals surface area contributed by atoms with Gasteiger partial charge >= 0.3 is 6.09 Å². The van der Waals surface area contributed by atoms with Gasteiger partial charge in [-0.25, -0.2) is 4.79 Å². The van der Waals surface area contributed by atoms with Crippen molar-refractivity contribution in [2.75, 3.05) is 19.7 Å². The number of carbonyl (C=O) groups excluding carboxylic acids is 3. The van der Waals surface area contributed by atoms with Crippen LogP contribution in [0.15, 0.2) is 64.4 Å². The molecule has 6 nitrogen and oxygen atoms in total. The van der Waals surface area contributed by atoms with Crippen LogP contribution in [-0.2, 0) is 14.3 Å². The Morgan fingerprint density at radius 3 is 2.28 bits per heavy atom. The van der Waals surface area contributed by atoms with Gasteiger partial charge in [0.1, 0.15) is 0 Å². The third-order valence-electron chi connectivity index (χ3n) is 5.73. The number of carbonyl (C=O) groups is 3. The van der Waals surface area contributed by atoms with Gasteiger partial charge in [0.05, 0.1) is 17.1 Å². The van der Waals surface area contributed by atoms with E-state index in [4.69, 9.17) is 4.74 Å². The van der Waals surface area contributed by atoms with E-state index < -0.39 is 0 Å². The van der Waals surface area contributed by atoms with Gasteiger partial charge in [0.2, 0.25) is 0 Å². The molecule has 0 unspecified atom stereocenters. The SMILES string of the molecule is CCOC(=O)N1CCC(N2C(=O)C(Sc3ccccc3)=C(c3ccc(C)cc3)C2=O)CC1. The molecule has 0 saturated carbocycles. The lowest BCUT2D eigenvalue weighted by molar-refractivity contribution is -0.140. The van der Waals surface area contributed by atoms with Gasteiger partial charge in [-0.15, -0.1) is 0 Å². The zero-order valence-corrected chi connectivity index (χ0v) is 19.1. The van der Waals surface area contributed by atoms with Crippen LogP contribution in [0.3, 0.4) is 0 Å². The number of piperidine rings is 1. The zero-order valence-electron chi connectivity index (χ0n) is 18.2. The lowest BCUT2D eigenvalue weighted by Crippen LogP contribution is -2.49. The Balaban J connectivity index is 1.61. The normalized spacial score (nSPS) is 17.3. The fourth-order valence-corrected chi connectivity index (χ4v) is 5.08. The van der Waals surface area contributed by atoms with Crippen molar-refractivity contribution in [3.8, 4) is 0 Å². The Kier molecular flexibility index (Phi) is 6.65. The van der Waals surface area contributed by atoms with E-state index in [0.717, 1.165) is 16.0 Å². The van der Waals surface area contributed by atoms with Crippen LogP contribution in [0, 0.1) is 6.92 Å². The number of rotatable bonds is 5. The lowest BCUT2D eigenvalue weighted by atomic mass is 10.0. The molecular weight excluding hydrogens is 424 g/mol. The fourth-order valence-electron chi connectivity index (χ4n) is 4.06. The van der Waals surface area contributed by atoms with Crippen LogP contribution < -0.4 is 0 Å². The summed E-state index contributed by atoms with van der Waals surface area (Å²) in [6.45, 7) is 5.01. The molecule has 2 aliphatic heterocycles. The third-order valence-corrected chi connectivity index (χ3v) is 6.82. The fraction of sp³-hybridized carbons (Fsp3) is 0.320. The summed E-state index contributed by atoms with van der Waals surface area (Å²) in [7, 11) is 0. The molecule has 166 valence electrons. The van der Waals surface area contributed by atoms with Crippen LogP contribution >= 0.6 is 11.8 Å². The number of ether oxygens (including phenoxy) is 1. The molecule has 0 bridgehead atoms. The summed E-state index contributed by atoms with van der Waals surface area (Å²) in [6.07, 6.45) is 0.741. The molecule has 7 heteroatoms. The van der Waals surface area contributed by atoms with Gasteiger partial charge in [-0.2, -0.15) is 0 Å². The van der Waals surface area contributed by atoms with Crippen molar-refractivity contribution in [3.05, 3.63) is 70.6 Å². The lowest BCUT2D eigenvalue weighted by Gasteiger charge is -2.35. The number of imide groups is 1. The largest absolute Gasteiger partial charge is 0.450 e. The molecule has 1 fully saturated rings. The van der Waals surface area contributed by atoms with Gasteiger partial charge in [-0.3, -0.25) is 14.5 Å². The monoisotopic (exact) mass is 450 g/mol. The van der Waals surface area contributed by atoms with Crippen LogP contribution in [0.4, 0.5) is 4.79 Å². The predicted molar refractivity (Wildman–Crippen MR) is 124 cm³/mol. The molecule has 2 aromatic rings. The molecule has 3 amide bonds. The molecule has 2 aliphatic rings. The number of aryl methyl sites for hydroxylation is 1. The molecule has 0 spiro atoms. The second-order valence-electron chi connectivity index (χ2n) is 7.88. The Bertz CT molecular complexity index is 1040. The third kappa shape index (κ3) is 4.43. The standard InChI is InChI=1S/C25H26N2O4S/c1-3-31-25(30)26-15-13-19(14-16-26)27-23(28)21(18-11-9-17(2)10-12-18)22(24(27)29)32-20-7-5-4-6-8-20/h4-12,19H,3,13-16H2,1-2H3. The van der Waals surface area contributed by atoms with Gasteiger partial charge < -0.3 is 9.64 Å². The van der Waals surface area contributed by atoms with E-state index in [2.05, 4.69) is 0 Å². The molecule has 2 heterocycles. The van der Waals surface area contributed by atoms with E-state index in [1.54, 1.807) is 11.8 Å². The predicted octanol–water partition coefficient (Wildman–Crippen LogP) is 4.49. The summed E-state index contributed by atoms with van der Waals surface area (Å²) in [5, 5.41) is 0. The van der Waals surface area contributed by atoms with Crippen molar-refractivity contribution in [2.45, 2.75) is 37.6 Å². The molecule has 0 radical (unpaired) electrons. The molecule has 4 rings (SSSR count). The summed E-state index contributed by atoms with van der Waals surface area (Å²) in [5.41, 5.74) is 2.29. The molecule has 0 aromatic heterocycles. The number of hydrogen-bond donors (Lipinski definition) is 0. The zero-order chi connectivity index (χ0) is 22.7. The average Bonchev–Trinajstić information content (AvgIpc) is 3.05. The highest BCUT2D eigenvalue weighted by atomic mass is 32.2. The average molecular weight is 451 g/mol. The number of hydrogen-bond acceptors (Lipinski definition) is 5. The second-order valence-corrected chi connectivity index (χ2v) is 8.97. The minimum atomic E-state index is -0.344. The molecular formula is C25H26N2O4S. The first-order valence-corrected chi connectivity index (χ1v) is 11.6. The highest BCUT2D eigenvalue weighted by Gasteiger charge is 2.44. The summed E-state index contributed by atoms with van der Waals surface area (Å²) in [4.78, 5) is 43.5. The van der Waals surface area contributed by atoms with Crippen LogP contribution in [0.2, 0.25) is 0 Å². The van der Waals surface area contributed by atoms with Crippen LogP contribution in [0.25, 0.3) is 5.57 Å². The first kappa shape index (κ1) is 22.1. The van der Waals surface area contributed by atoms with E-state index in [9.17, 15) is 14.4 Å². The summed E-state index contributed by atoms with van der Waals surface area (Å²) >= 11 is 1.33. The quantitative estimate of drug-likeness (QED) is 0.628. The minimum Gasteiger partial charge on any atom is -0.450 e. The highest BCUT2D eigenvalue weighted by Crippen LogP contribution is 2.41. The first-order valence-electron chi connectivity index (χ1n) is 10.8. The van der Waals surface area contributed by atoms with Crippen molar-refractivity contribution in [1.29, 1.82) is 0 Å². The summed E-state index contributed by atoms with van der Waals surface area (Å²) in [5.74, 6) is -0.513. The number of amides is 3. The van der Waals surface area contributed by atoms with Crippen molar-refractivity contribution in [3.63, 3.8) is 0 Å². The van der Waals surface area contributed by atoms with E-state index >= 15 is 0 Å². The van der Waals surface area contributed by atoms with Gasteiger partial charge in [0.15, 0.2) is 0 Å². The molecule has 1 saturated heterocycles. The minimum absolute atomic E-state index is 0.241. The molecule has 0 aliphatic carbocycles. The van der Waals surface area contributed by atoms with Crippen LogP contribution in [0.1, 0.15) is 30.9 Å². The van der Waals surface area contributed by atoms with Crippen molar-refractivity contribution >= 4 is 35.2 Å². The topological polar surface area (TPSA) is 66.9 Å². The van der Waals surface area contributed by atoms with Gasteiger partial charge in [0, 0.05) is 24.0 Å². The highest BCUT2D eigenvalue weighted by molar-refractivity contribution is 8.04. The maximum absolute atomic E-state index is 13.5. The number of nitrogens with zero attached hydrogens (tertiary/aromatic N) is 2. The van der Waals surface area contributed by atoms with E-state index in [0.29, 0.717) is 43.0 Å². The summed E-state index contributed by atoms with van der Waals surface area (Å²) < 4.78 is 5.08. The van der Waals surface area contributed by atoms with Crippen molar-refractivity contribution in [2.24, 2.45) is 0 Å². The van der Waals surface area contributed by atoms with Crippen molar-refractivity contribution in [1.82, 2.24) is 9.80 Å². The van der Waals surface area contributed by atoms with Gasteiger partial charge in [-0.1, -0.05) is 59.8 Å². The van der Waals surface area contributed by atoms with E-state index in [1.165, 1.54) is 16.7 Å².